The van der Waals surface area contributed by atoms with Crippen molar-refractivity contribution in [2.45, 2.75) is 52.0 Å². The highest BCUT2D eigenvalue weighted by Crippen LogP contribution is 2.37. The molecular formula is C27H30N2O2. The van der Waals surface area contributed by atoms with Crippen molar-refractivity contribution in [3.8, 4) is 0 Å². The van der Waals surface area contributed by atoms with Crippen LogP contribution in [0.25, 0.3) is 10.8 Å². The maximum Gasteiger partial charge on any atom is 0.258 e. The van der Waals surface area contributed by atoms with Gasteiger partial charge in [0.05, 0.1) is 11.7 Å². The molecule has 0 unspecified atom stereocenters. The third-order valence-corrected chi connectivity index (χ3v) is 6.09. The summed E-state index contributed by atoms with van der Waals surface area (Å²) in [4.78, 5) is 27.1. The zero-order valence-corrected chi connectivity index (χ0v) is 18.7. The average Bonchev–Trinajstić information content (AvgIpc) is 3.01. The maximum absolute atomic E-state index is 12.8. The second-order valence-electron chi connectivity index (χ2n) is 9.40. The standard InChI is InChI=1S/C27H30N2O2/c1-18(19-13-15-21(16-14-19)27(2,3)4)28-24(30)12-7-17-29-23-11-6-9-20-8-5-10-22(25(20)23)26(29)31/h5-6,8-11,13-16,18H,7,12,17H2,1-4H3,(H,28,30)/t18-/m1/s1. The summed E-state index contributed by atoms with van der Waals surface area (Å²) in [7, 11) is 0. The van der Waals surface area contributed by atoms with Gasteiger partial charge in [-0.3, -0.25) is 9.59 Å². The van der Waals surface area contributed by atoms with Gasteiger partial charge in [-0.2, -0.15) is 0 Å². The van der Waals surface area contributed by atoms with E-state index in [9.17, 15) is 9.59 Å². The predicted octanol–water partition coefficient (Wildman–Crippen LogP) is 5.76. The first-order valence-corrected chi connectivity index (χ1v) is 11.0. The lowest BCUT2D eigenvalue weighted by atomic mass is 9.86. The molecule has 0 saturated carbocycles. The van der Waals surface area contributed by atoms with Crippen LogP contribution >= 0.6 is 0 Å². The van der Waals surface area contributed by atoms with Gasteiger partial charge in [0.25, 0.3) is 5.91 Å². The zero-order valence-electron chi connectivity index (χ0n) is 18.7. The predicted molar refractivity (Wildman–Crippen MR) is 127 cm³/mol. The third kappa shape index (κ3) is 4.20. The number of hydrogen-bond acceptors (Lipinski definition) is 2. The summed E-state index contributed by atoms with van der Waals surface area (Å²) in [5.74, 6) is 0.0364. The van der Waals surface area contributed by atoms with Crippen LogP contribution in [0.4, 0.5) is 5.69 Å². The average molecular weight is 415 g/mol. The van der Waals surface area contributed by atoms with Crippen LogP contribution in [0.3, 0.4) is 0 Å². The van der Waals surface area contributed by atoms with Crippen LogP contribution < -0.4 is 10.2 Å². The molecule has 1 heterocycles. The monoisotopic (exact) mass is 414 g/mol. The van der Waals surface area contributed by atoms with E-state index >= 15 is 0 Å². The van der Waals surface area contributed by atoms with Crippen molar-refractivity contribution in [3.05, 3.63) is 77.4 Å². The number of carbonyl (C=O) groups excluding carboxylic acids is 2. The Bertz CT molecular complexity index is 1120. The van der Waals surface area contributed by atoms with E-state index in [2.05, 4.69) is 50.4 Å². The first-order valence-electron chi connectivity index (χ1n) is 11.0. The molecule has 1 aliphatic heterocycles. The Balaban J connectivity index is 1.33. The van der Waals surface area contributed by atoms with Crippen LogP contribution in [0.5, 0.6) is 0 Å². The fraction of sp³-hybridized carbons (Fsp3) is 0.333. The summed E-state index contributed by atoms with van der Waals surface area (Å²) in [6.07, 6.45) is 1.01. The van der Waals surface area contributed by atoms with Crippen molar-refractivity contribution < 1.29 is 9.59 Å². The van der Waals surface area contributed by atoms with Crippen LogP contribution in [0.1, 0.15) is 68.1 Å². The molecule has 160 valence electrons. The summed E-state index contributed by atoms with van der Waals surface area (Å²) in [6.45, 7) is 9.12. The van der Waals surface area contributed by atoms with Gasteiger partial charge in [0.2, 0.25) is 5.91 Å². The van der Waals surface area contributed by atoms with Crippen molar-refractivity contribution in [2.24, 2.45) is 0 Å². The van der Waals surface area contributed by atoms with Crippen LogP contribution in [0.2, 0.25) is 0 Å². The number of nitrogens with one attached hydrogen (secondary N) is 1. The van der Waals surface area contributed by atoms with Gasteiger partial charge in [-0.15, -0.1) is 0 Å². The van der Waals surface area contributed by atoms with Gasteiger partial charge in [0.1, 0.15) is 0 Å². The van der Waals surface area contributed by atoms with Crippen molar-refractivity contribution in [2.75, 3.05) is 11.4 Å². The smallest absolute Gasteiger partial charge is 0.258 e. The normalized spacial score (nSPS) is 14.2. The van der Waals surface area contributed by atoms with E-state index in [4.69, 9.17) is 0 Å². The summed E-state index contributed by atoms with van der Waals surface area (Å²) < 4.78 is 0. The lowest BCUT2D eigenvalue weighted by Crippen LogP contribution is -2.30. The van der Waals surface area contributed by atoms with E-state index < -0.39 is 0 Å². The number of carbonyl (C=O) groups is 2. The Hall–Kier alpha value is -3.14. The molecule has 31 heavy (non-hydrogen) atoms. The van der Waals surface area contributed by atoms with E-state index in [1.54, 1.807) is 4.90 Å². The molecule has 1 N–H and O–H groups in total. The van der Waals surface area contributed by atoms with Crippen LogP contribution in [-0.2, 0) is 10.2 Å². The molecule has 0 saturated heterocycles. The van der Waals surface area contributed by atoms with Gasteiger partial charge in [-0.05, 0) is 47.4 Å². The fourth-order valence-electron chi connectivity index (χ4n) is 4.27. The van der Waals surface area contributed by atoms with Gasteiger partial charge < -0.3 is 10.2 Å². The number of anilines is 1. The molecule has 4 heteroatoms. The van der Waals surface area contributed by atoms with Crippen molar-refractivity contribution >= 4 is 28.3 Å². The van der Waals surface area contributed by atoms with Gasteiger partial charge in [0.15, 0.2) is 0 Å². The minimum Gasteiger partial charge on any atom is -0.350 e. The fourth-order valence-corrected chi connectivity index (χ4v) is 4.27. The second kappa shape index (κ2) is 8.18. The third-order valence-electron chi connectivity index (χ3n) is 6.09. The first-order chi connectivity index (χ1) is 14.8. The van der Waals surface area contributed by atoms with Crippen molar-refractivity contribution in [1.82, 2.24) is 5.32 Å². The molecule has 4 rings (SSSR count). The highest BCUT2D eigenvalue weighted by Gasteiger charge is 2.29. The van der Waals surface area contributed by atoms with Gasteiger partial charge >= 0.3 is 0 Å². The Morgan fingerprint density at radius 1 is 1.00 bits per heavy atom. The molecule has 3 aromatic carbocycles. The minimum absolute atomic E-state index is 0.00904. The van der Waals surface area contributed by atoms with Gasteiger partial charge in [-0.1, -0.05) is 69.3 Å². The molecule has 0 aliphatic carbocycles. The number of nitrogens with zero attached hydrogens (tertiary/aromatic N) is 1. The molecular weight excluding hydrogens is 384 g/mol. The topological polar surface area (TPSA) is 49.4 Å². The maximum atomic E-state index is 12.8. The van der Waals surface area contributed by atoms with Gasteiger partial charge in [0, 0.05) is 23.9 Å². The SMILES string of the molecule is C[C@@H](NC(=O)CCCN1C(=O)c2cccc3cccc1c23)c1ccc(C(C)(C)C)cc1. The zero-order chi connectivity index (χ0) is 22.2. The quantitative estimate of drug-likeness (QED) is 0.558. The Morgan fingerprint density at radius 3 is 2.35 bits per heavy atom. The Kier molecular flexibility index (Phi) is 5.57. The lowest BCUT2D eigenvalue weighted by Gasteiger charge is -2.21. The molecule has 4 nitrogen and oxygen atoms in total. The molecule has 0 spiro atoms. The van der Waals surface area contributed by atoms with Crippen molar-refractivity contribution in [1.29, 1.82) is 0 Å². The first kappa shape index (κ1) is 21.1. The number of rotatable bonds is 6. The van der Waals surface area contributed by atoms with E-state index in [0.29, 0.717) is 19.4 Å². The molecule has 0 fully saturated rings. The number of hydrogen-bond donors (Lipinski definition) is 1. The number of benzene rings is 3. The Labute approximate surface area is 184 Å². The highest BCUT2D eigenvalue weighted by atomic mass is 16.2. The molecule has 1 aliphatic rings. The molecule has 0 bridgehead atoms. The molecule has 2 amide bonds. The molecule has 0 aromatic heterocycles. The van der Waals surface area contributed by atoms with Crippen LogP contribution in [-0.4, -0.2) is 18.4 Å². The second-order valence-corrected chi connectivity index (χ2v) is 9.40. The Morgan fingerprint density at radius 2 is 1.68 bits per heavy atom. The molecule has 3 aromatic rings. The minimum atomic E-state index is -0.0482. The van der Waals surface area contributed by atoms with E-state index in [0.717, 1.165) is 27.6 Å². The van der Waals surface area contributed by atoms with Crippen LogP contribution in [0.15, 0.2) is 60.7 Å². The lowest BCUT2D eigenvalue weighted by molar-refractivity contribution is -0.121. The molecule has 0 radical (unpaired) electrons. The van der Waals surface area contributed by atoms with Crippen LogP contribution in [0, 0.1) is 0 Å². The van der Waals surface area contributed by atoms with E-state index in [1.807, 2.05) is 43.3 Å². The largest absolute Gasteiger partial charge is 0.350 e. The summed E-state index contributed by atoms with van der Waals surface area (Å²) in [6, 6.07) is 20.2. The summed E-state index contributed by atoms with van der Waals surface area (Å²) in [5.41, 5.74) is 4.19. The molecule has 1 atom stereocenters. The van der Waals surface area contributed by atoms with E-state index in [1.165, 1.54) is 5.56 Å². The number of amides is 2. The van der Waals surface area contributed by atoms with Crippen molar-refractivity contribution in [3.63, 3.8) is 0 Å². The van der Waals surface area contributed by atoms with E-state index in [-0.39, 0.29) is 23.3 Å². The highest BCUT2D eigenvalue weighted by molar-refractivity contribution is 6.25. The summed E-state index contributed by atoms with van der Waals surface area (Å²) >= 11 is 0. The van der Waals surface area contributed by atoms with Gasteiger partial charge in [-0.25, -0.2) is 0 Å². The summed E-state index contributed by atoms with van der Waals surface area (Å²) in [5, 5.41) is 5.18.